The zero-order chi connectivity index (χ0) is 12.8. The third-order valence-electron chi connectivity index (χ3n) is 2.83. The van der Waals surface area contributed by atoms with Gasteiger partial charge in [0.1, 0.15) is 0 Å². The Morgan fingerprint density at radius 3 is 2.24 bits per heavy atom. The van der Waals surface area contributed by atoms with Crippen molar-refractivity contribution in [2.45, 2.75) is 39.3 Å². The highest BCUT2D eigenvalue weighted by Gasteiger charge is 2.13. The minimum Gasteiger partial charge on any atom is -0.395 e. The molecule has 17 heavy (non-hydrogen) atoms. The summed E-state index contributed by atoms with van der Waals surface area (Å²) < 4.78 is 1.09. The monoisotopic (exact) mass is 299 g/mol. The fourth-order valence-corrected chi connectivity index (χ4v) is 2.23. The fraction of sp³-hybridized carbons (Fsp3) is 0.571. The van der Waals surface area contributed by atoms with E-state index in [-0.39, 0.29) is 18.7 Å². The molecule has 0 aliphatic carbocycles. The van der Waals surface area contributed by atoms with E-state index in [1.165, 1.54) is 5.56 Å². The van der Waals surface area contributed by atoms with Gasteiger partial charge in [-0.1, -0.05) is 41.9 Å². The first kappa shape index (κ1) is 14.7. The maximum atomic E-state index is 9.34. The minimum absolute atomic E-state index is 0.175. The van der Waals surface area contributed by atoms with Gasteiger partial charge in [0.05, 0.1) is 6.61 Å². The number of nitrogens with one attached hydrogen (secondary N) is 1. The average molecular weight is 300 g/mol. The topological polar surface area (TPSA) is 32.3 Å². The number of halogens is 1. The molecular formula is C14H22BrNO. The van der Waals surface area contributed by atoms with Crippen molar-refractivity contribution in [2.75, 3.05) is 6.61 Å². The van der Waals surface area contributed by atoms with E-state index in [1.54, 1.807) is 0 Å². The molecule has 1 aromatic rings. The van der Waals surface area contributed by atoms with E-state index < -0.39 is 0 Å². The van der Waals surface area contributed by atoms with Crippen molar-refractivity contribution in [1.29, 1.82) is 0 Å². The minimum atomic E-state index is 0.175. The van der Waals surface area contributed by atoms with Crippen LogP contribution < -0.4 is 5.32 Å². The largest absolute Gasteiger partial charge is 0.395 e. The first-order chi connectivity index (χ1) is 8.02. The number of aliphatic hydroxyl groups excluding tert-OH is 1. The molecule has 0 amide bonds. The van der Waals surface area contributed by atoms with Crippen LogP contribution in [0.2, 0.25) is 0 Å². The van der Waals surface area contributed by atoms with Gasteiger partial charge in [-0.25, -0.2) is 0 Å². The lowest BCUT2D eigenvalue weighted by Crippen LogP contribution is -2.35. The summed E-state index contributed by atoms with van der Waals surface area (Å²) in [6.45, 7) is 6.68. The zero-order valence-electron chi connectivity index (χ0n) is 10.8. The molecule has 96 valence electrons. The van der Waals surface area contributed by atoms with E-state index in [0.29, 0.717) is 5.92 Å². The lowest BCUT2D eigenvalue weighted by Gasteiger charge is -2.23. The van der Waals surface area contributed by atoms with Crippen LogP contribution in [-0.4, -0.2) is 17.8 Å². The van der Waals surface area contributed by atoms with Gasteiger partial charge in [0.15, 0.2) is 0 Å². The van der Waals surface area contributed by atoms with Crippen LogP contribution in [-0.2, 0) is 0 Å². The van der Waals surface area contributed by atoms with Crippen LogP contribution in [0.4, 0.5) is 0 Å². The quantitative estimate of drug-likeness (QED) is 0.842. The van der Waals surface area contributed by atoms with Crippen molar-refractivity contribution in [3.05, 3.63) is 34.3 Å². The summed E-state index contributed by atoms with van der Waals surface area (Å²) in [5.41, 5.74) is 1.25. The molecule has 2 atom stereocenters. The Balaban J connectivity index is 2.57. The van der Waals surface area contributed by atoms with E-state index in [9.17, 15) is 5.11 Å². The number of aliphatic hydroxyl groups is 1. The van der Waals surface area contributed by atoms with Gasteiger partial charge in [0, 0.05) is 16.6 Å². The average Bonchev–Trinajstić information content (AvgIpc) is 2.28. The van der Waals surface area contributed by atoms with E-state index >= 15 is 0 Å². The SMILES string of the molecule is CC(C)CC(CO)NC(C)c1ccc(Br)cc1. The summed E-state index contributed by atoms with van der Waals surface area (Å²) >= 11 is 3.43. The maximum Gasteiger partial charge on any atom is 0.0584 e. The van der Waals surface area contributed by atoms with Crippen molar-refractivity contribution in [3.63, 3.8) is 0 Å². The first-order valence-electron chi connectivity index (χ1n) is 6.15. The molecule has 0 aliphatic heterocycles. The van der Waals surface area contributed by atoms with Crippen molar-refractivity contribution in [2.24, 2.45) is 5.92 Å². The number of benzene rings is 1. The second kappa shape index (κ2) is 7.14. The van der Waals surface area contributed by atoms with Gasteiger partial charge >= 0.3 is 0 Å². The van der Waals surface area contributed by atoms with Gasteiger partial charge in [0.25, 0.3) is 0 Å². The van der Waals surface area contributed by atoms with Gasteiger partial charge in [-0.2, -0.15) is 0 Å². The van der Waals surface area contributed by atoms with Crippen LogP contribution in [0.1, 0.15) is 38.8 Å². The van der Waals surface area contributed by atoms with Gasteiger partial charge in [-0.3, -0.25) is 0 Å². The highest BCUT2D eigenvalue weighted by Crippen LogP contribution is 2.18. The van der Waals surface area contributed by atoms with Crippen LogP contribution in [0.5, 0.6) is 0 Å². The number of hydrogen-bond acceptors (Lipinski definition) is 2. The Morgan fingerprint density at radius 1 is 1.18 bits per heavy atom. The van der Waals surface area contributed by atoms with E-state index in [0.717, 1.165) is 10.9 Å². The zero-order valence-corrected chi connectivity index (χ0v) is 12.4. The highest BCUT2D eigenvalue weighted by molar-refractivity contribution is 9.10. The molecule has 0 aromatic heterocycles. The Hall–Kier alpha value is -0.380. The second-order valence-electron chi connectivity index (χ2n) is 4.95. The highest BCUT2D eigenvalue weighted by atomic mass is 79.9. The molecule has 0 saturated heterocycles. The predicted molar refractivity (Wildman–Crippen MR) is 76.0 cm³/mol. The normalized spacial score (nSPS) is 14.9. The molecule has 2 N–H and O–H groups in total. The molecule has 0 fully saturated rings. The van der Waals surface area contributed by atoms with Gasteiger partial charge in [-0.05, 0) is 37.0 Å². The van der Waals surface area contributed by atoms with Gasteiger partial charge in [0.2, 0.25) is 0 Å². The maximum absolute atomic E-state index is 9.34. The molecule has 0 spiro atoms. The van der Waals surface area contributed by atoms with Crippen molar-refractivity contribution in [3.8, 4) is 0 Å². The van der Waals surface area contributed by atoms with Crippen LogP contribution >= 0.6 is 15.9 Å². The summed E-state index contributed by atoms with van der Waals surface area (Å²) in [5, 5.41) is 12.8. The predicted octanol–water partition coefficient (Wildman–Crippen LogP) is 3.51. The Bertz CT molecular complexity index is 323. The lowest BCUT2D eigenvalue weighted by molar-refractivity contribution is 0.215. The lowest BCUT2D eigenvalue weighted by atomic mass is 10.0. The van der Waals surface area contributed by atoms with Crippen molar-refractivity contribution < 1.29 is 5.11 Å². The smallest absolute Gasteiger partial charge is 0.0584 e. The van der Waals surface area contributed by atoms with Crippen molar-refractivity contribution in [1.82, 2.24) is 5.32 Å². The first-order valence-corrected chi connectivity index (χ1v) is 6.94. The Morgan fingerprint density at radius 2 is 1.76 bits per heavy atom. The van der Waals surface area contributed by atoms with Crippen LogP contribution in [0.3, 0.4) is 0 Å². The molecule has 0 saturated carbocycles. The third-order valence-corrected chi connectivity index (χ3v) is 3.36. The van der Waals surface area contributed by atoms with E-state index in [2.05, 4.69) is 54.2 Å². The Kier molecular flexibility index (Phi) is 6.17. The molecule has 3 heteroatoms. The Labute approximate surface area is 113 Å². The second-order valence-corrected chi connectivity index (χ2v) is 5.86. The molecule has 0 heterocycles. The molecule has 2 nitrogen and oxygen atoms in total. The molecule has 1 aromatic carbocycles. The fourth-order valence-electron chi connectivity index (χ4n) is 1.97. The molecule has 0 aliphatic rings. The third kappa shape index (κ3) is 5.19. The van der Waals surface area contributed by atoms with Crippen LogP contribution in [0, 0.1) is 5.92 Å². The van der Waals surface area contributed by atoms with Gasteiger partial charge in [-0.15, -0.1) is 0 Å². The molecular weight excluding hydrogens is 278 g/mol. The standard InChI is InChI=1S/C14H22BrNO/c1-10(2)8-14(9-17)16-11(3)12-4-6-13(15)7-5-12/h4-7,10-11,14,16-17H,8-9H2,1-3H3. The summed E-state index contributed by atoms with van der Waals surface area (Å²) in [5.74, 6) is 0.594. The summed E-state index contributed by atoms with van der Waals surface area (Å²) in [6.07, 6.45) is 0.997. The van der Waals surface area contributed by atoms with E-state index in [4.69, 9.17) is 0 Å². The summed E-state index contributed by atoms with van der Waals surface area (Å²) in [4.78, 5) is 0. The summed E-state index contributed by atoms with van der Waals surface area (Å²) in [7, 11) is 0. The molecule has 1 rings (SSSR count). The molecule has 0 radical (unpaired) electrons. The van der Waals surface area contributed by atoms with E-state index in [1.807, 2.05) is 12.1 Å². The number of hydrogen-bond donors (Lipinski definition) is 2. The van der Waals surface area contributed by atoms with Crippen LogP contribution in [0.15, 0.2) is 28.7 Å². The van der Waals surface area contributed by atoms with Gasteiger partial charge < -0.3 is 10.4 Å². The summed E-state index contributed by atoms with van der Waals surface area (Å²) in [6, 6.07) is 8.73. The molecule has 0 bridgehead atoms. The van der Waals surface area contributed by atoms with Crippen LogP contribution in [0.25, 0.3) is 0 Å². The van der Waals surface area contributed by atoms with Crippen molar-refractivity contribution >= 4 is 15.9 Å². The molecule has 2 unspecified atom stereocenters. The number of rotatable bonds is 6.